The highest BCUT2D eigenvalue weighted by atomic mass is 16.2. The molecule has 0 unspecified atom stereocenters. The Balaban J connectivity index is 1.76. The number of carbonyl (C=O) groups is 2. The molecule has 0 aromatic heterocycles. The van der Waals surface area contributed by atoms with E-state index in [1.165, 1.54) is 19.3 Å². The van der Waals surface area contributed by atoms with Gasteiger partial charge >= 0.3 is 0 Å². The van der Waals surface area contributed by atoms with Crippen LogP contribution in [0.25, 0.3) is 0 Å². The molecule has 4 heteroatoms. The molecule has 1 aliphatic carbocycles. The van der Waals surface area contributed by atoms with Gasteiger partial charge in [0.1, 0.15) is 0 Å². The molecule has 0 bridgehead atoms. The van der Waals surface area contributed by atoms with Crippen molar-refractivity contribution < 1.29 is 9.59 Å². The average molecular weight is 286 g/mol. The number of hydrogen-bond acceptors (Lipinski definition) is 2. The van der Waals surface area contributed by atoms with Crippen LogP contribution < -0.4 is 5.32 Å². The molecule has 21 heavy (non-hydrogen) atoms. The minimum atomic E-state index is 0.0564. The predicted octanol–water partition coefficient (Wildman–Crippen LogP) is 2.98. The molecule has 0 saturated heterocycles. The number of fused-ring (bicyclic) bond motifs is 1. The summed E-state index contributed by atoms with van der Waals surface area (Å²) in [5.41, 5.74) is 2.65. The van der Waals surface area contributed by atoms with Crippen LogP contribution in [0.5, 0.6) is 0 Å². The zero-order chi connectivity index (χ0) is 14.8. The summed E-state index contributed by atoms with van der Waals surface area (Å²) >= 11 is 0. The van der Waals surface area contributed by atoms with Gasteiger partial charge in [0.25, 0.3) is 5.91 Å². The number of amides is 2. The van der Waals surface area contributed by atoms with Crippen LogP contribution in [0, 0.1) is 0 Å². The summed E-state index contributed by atoms with van der Waals surface area (Å²) in [6, 6.07) is 6.00. The molecule has 4 nitrogen and oxygen atoms in total. The third kappa shape index (κ3) is 2.94. The van der Waals surface area contributed by atoms with E-state index in [0.717, 1.165) is 36.1 Å². The van der Waals surface area contributed by atoms with Crippen molar-refractivity contribution in [2.24, 2.45) is 0 Å². The third-order valence-corrected chi connectivity index (χ3v) is 4.69. The van der Waals surface area contributed by atoms with E-state index < -0.39 is 0 Å². The highest BCUT2D eigenvalue weighted by molar-refractivity contribution is 5.98. The van der Waals surface area contributed by atoms with Crippen LogP contribution in [0.4, 0.5) is 5.69 Å². The molecule has 1 heterocycles. The Bertz CT molecular complexity index is 562. The number of rotatable bonds is 2. The van der Waals surface area contributed by atoms with E-state index in [0.29, 0.717) is 12.5 Å². The Labute approximate surface area is 125 Å². The molecule has 1 aliphatic heterocycles. The van der Waals surface area contributed by atoms with Crippen LogP contribution in [0.15, 0.2) is 18.2 Å². The highest BCUT2D eigenvalue weighted by Crippen LogP contribution is 2.26. The van der Waals surface area contributed by atoms with Crippen molar-refractivity contribution in [3.63, 3.8) is 0 Å². The molecule has 1 saturated carbocycles. The largest absolute Gasteiger partial charge is 0.339 e. The van der Waals surface area contributed by atoms with Gasteiger partial charge in [-0.05, 0) is 43.0 Å². The summed E-state index contributed by atoms with van der Waals surface area (Å²) in [7, 11) is 1.92. The monoisotopic (exact) mass is 286 g/mol. The first-order valence-electron chi connectivity index (χ1n) is 7.85. The molecule has 3 rings (SSSR count). The summed E-state index contributed by atoms with van der Waals surface area (Å²) in [6.07, 6.45) is 7.18. The van der Waals surface area contributed by atoms with Gasteiger partial charge in [-0.25, -0.2) is 0 Å². The number of nitrogens with one attached hydrogen (secondary N) is 1. The molecule has 1 N–H and O–H groups in total. The normalized spacial score (nSPS) is 18.8. The number of hydrogen-bond donors (Lipinski definition) is 1. The van der Waals surface area contributed by atoms with Crippen LogP contribution in [0.3, 0.4) is 0 Å². The number of aryl methyl sites for hydroxylation is 1. The lowest BCUT2D eigenvalue weighted by Gasteiger charge is -2.31. The molecule has 1 aromatic rings. The summed E-state index contributed by atoms with van der Waals surface area (Å²) in [5.74, 6) is 0.155. The fourth-order valence-corrected chi connectivity index (χ4v) is 3.35. The molecule has 112 valence electrons. The second kappa shape index (κ2) is 5.88. The minimum absolute atomic E-state index is 0.0564. The summed E-state index contributed by atoms with van der Waals surface area (Å²) < 4.78 is 0. The smallest absolute Gasteiger partial charge is 0.253 e. The van der Waals surface area contributed by atoms with E-state index in [2.05, 4.69) is 5.32 Å². The lowest BCUT2D eigenvalue weighted by atomic mass is 9.93. The molecular formula is C17H22N2O2. The first-order valence-corrected chi connectivity index (χ1v) is 7.85. The van der Waals surface area contributed by atoms with E-state index in [-0.39, 0.29) is 11.8 Å². The zero-order valence-corrected chi connectivity index (χ0v) is 12.5. The molecule has 1 aromatic carbocycles. The fourth-order valence-electron chi connectivity index (χ4n) is 3.35. The number of anilines is 1. The van der Waals surface area contributed by atoms with Gasteiger partial charge in [0, 0.05) is 30.8 Å². The maximum Gasteiger partial charge on any atom is 0.253 e. The first kappa shape index (κ1) is 14.1. The number of carbonyl (C=O) groups excluding carboxylic acids is 2. The van der Waals surface area contributed by atoms with Gasteiger partial charge in [-0.3, -0.25) is 9.59 Å². The van der Waals surface area contributed by atoms with E-state index in [1.54, 1.807) is 0 Å². The zero-order valence-electron chi connectivity index (χ0n) is 12.5. The second-order valence-corrected chi connectivity index (χ2v) is 6.13. The van der Waals surface area contributed by atoms with Gasteiger partial charge < -0.3 is 10.2 Å². The first-order chi connectivity index (χ1) is 10.1. The predicted molar refractivity (Wildman–Crippen MR) is 82.4 cm³/mol. The Hall–Kier alpha value is -1.84. The van der Waals surface area contributed by atoms with Crippen LogP contribution in [0.1, 0.15) is 54.4 Å². The Kier molecular flexibility index (Phi) is 3.95. The maximum atomic E-state index is 12.6. The van der Waals surface area contributed by atoms with Gasteiger partial charge in [-0.15, -0.1) is 0 Å². The molecule has 2 amide bonds. The van der Waals surface area contributed by atoms with Crippen molar-refractivity contribution in [1.29, 1.82) is 0 Å². The van der Waals surface area contributed by atoms with E-state index in [1.807, 2.05) is 30.1 Å². The van der Waals surface area contributed by atoms with Crippen LogP contribution in [-0.2, 0) is 11.2 Å². The lowest BCUT2D eigenvalue weighted by Crippen LogP contribution is -2.38. The molecule has 0 radical (unpaired) electrons. The topological polar surface area (TPSA) is 49.4 Å². The average Bonchev–Trinajstić information content (AvgIpc) is 2.53. The van der Waals surface area contributed by atoms with Crippen molar-refractivity contribution in [3.05, 3.63) is 29.3 Å². The van der Waals surface area contributed by atoms with Gasteiger partial charge in [0.05, 0.1) is 0 Å². The molecule has 0 atom stereocenters. The highest BCUT2D eigenvalue weighted by Gasteiger charge is 2.24. The molecule has 2 aliphatic rings. The Morgan fingerprint density at radius 1 is 1.19 bits per heavy atom. The molecule has 1 fully saturated rings. The van der Waals surface area contributed by atoms with Gasteiger partial charge in [-0.2, -0.15) is 0 Å². The van der Waals surface area contributed by atoms with E-state index in [4.69, 9.17) is 0 Å². The van der Waals surface area contributed by atoms with Crippen LogP contribution in [0.2, 0.25) is 0 Å². The SMILES string of the molecule is CN(C(=O)c1ccc2c(c1)CCC(=O)N2)C1CCCCC1. The quantitative estimate of drug-likeness (QED) is 0.908. The molecule has 0 spiro atoms. The molecular weight excluding hydrogens is 264 g/mol. The van der Waals surface area contributed by atoms with Crippen molar-refractivity contribution in [2.45, 2.75) is 51.0 Å². The van der Waals surface area contributed by atoms with Crippen LogP contribution >= 0.6 is 0 Å². The van der Waals surface area contributed by atoms with E-state index >= 15 is 0 Å². The van der Waals surface area contributed by atoms with Crippen molar-refractivity contribution in [2.75, 3.05) is 12.4 Å². The van der Waals surface area contributed by atoms with Gasteiger partial charge in [0.15, 0.2) is 0 Å². The summed E-state index contributed by atoms with van der Waals surface area (Å²) in [5, 5.41) is 2.85. The van der Waals surface area contributed by atoms with Crippen molar-refractivity contribution in [1.82, 2.24) is 4.90 Å². The van der Waals surface area contributed by atoms with Crippen LogP contribution in [-0.4, -0.2) is 29.8 Å². The lowest BCUT2D eigenvalue weighted by molar-refractivity contribution is -0.116. The fraction of sp³-hybridized carbons (Fsp3) is 0.529. The number of nitrogens with zero attached hydrogens (tertiary/aromatic N) is 1. The van der Waals surface area contributed by atoms with E-state index in [9.17, 15) is 9.59 Å². The Morgan fingerprint density at radius 2 is 1.95 bits per heavy atom. The van der Waals surface area contributed by atoms with Gasteiger partial charge in [0.2, 0.25) is 5.91 Å². The van der Waals surface area contributed by atoms with Gasteiger partial charge in [-0.1, -0.05) is 19.3 Å². The standard InChI is InChI=1S/C17H22N2O2/c1-19(14-5-3-2-4-6-14)17(21)13-7-9-15-12(11-13)8-10-16(20)18-15/h7,9,11,14H,2-6,8,10H2,1H3,(H,18,20). The number of benzene rings is 1. The minimum Gasteiger partial charge on any atom is -0.339 e. The van der Waals surface area contributed by atoms with Crippen molar-refractivity contribution in [3.8, 4) is 0 Å². The Morgan fingerprint density at radius 3 is 2.71 bits per heavy atom. The summed E-state index contributed by atoms with van der Waals surface area (Å²) in [4.78, 5) is 25.9. The maximum absolute atomic E-state index is 12.6. The third-order valence-electron chi connectivity index (χ3n) is 4.69. The summed E-state index contributed by atoms with van der Waals surface area (Å²) in [6.45, 7) is 0. The second-order valence-electron chi connectivity index (χ2n) is 6.13. The van der Waals surface area contributed by atoms with Crippen molar-refractivity contribution >= 4 is 17.5 Å².